The van der Waals surface area contributed by atoms with Crippen molar-refractivity contribution in [2.75, 3.05) is 14.2 Å². The highest BCUT2D eigenvalue weighted by atomic mass is 16.5. The minimum Gasteiger partial charge on any atom is -0.493 e. The molecule has 0 spiro atoms. The lowest BCUT2D eigenvalue weighted by molar-refractivity contribution is -0.122. The summed E-state index contributed by atoms with van der Waals surface area (Å²) in [6.45, 7) is -0.349. The van der Waals surface area contributed by atoms with E-state index in [1.165, 1.54) is 0 Å². The molecule has 4 rings (SSSR count). The number of carbonyl (C=O) groups excluding carboxylic acids is 1. The van der Waals surface area contributed by atoms with Crippen molar-refractivity contribution in [3.63, 3.8) is 0 Å². The predicted octanol–water partition coefficient (Wildman–Crippen LogP) is 1.51. The van der Waals surface area contributed by atoms with Gasteiger partial charge in [0, 0.05) is 0 Å². The number of amides is 1. The summed E-state index contributed by atoms with van der Waals surface area (Å²) in [4.78, 5) is 40.1. The molecule has 8 nitrogen and oxygen atoms in total. The summed E-state index contributed by atoms with van der Waals surface area (Å²) in [5, 5.41) is 3.29. The fraction of sp³-hybridized carbons (Fsp3) is 0.286. The first-order valence-electron chi connectivity index (χ1n) is 9.28. The molecule has 1 atom stereocenters. The van der Waals surface area contributed by atoms with E-state index in [-0.39, 0.29) is 12.6 Å². The average Bonchev–Trinajstić information content (AvgIpc) is 3.11. The Bertz CT molecular complexity index is 1210. The number of aryl methyl sites for hydroxylation is 1. The molecule has 3 aromatic rings. The molecular formula is C21H21N3O5. The minimum atomic E-state index is -0.609. The van der Waals surface area contributed by atoms with Gasteiger partial charge in [0.2, 0.25) is 5.91 Å². The first-order valence-corrected chi connectivity index (χ1v) is 9.28. The largest absolute Gasteiger partial charge is 0.493 e. The number of para-hydroxylation sites is 1. The normalized spacial score (nSPS) is 15.2. The van der Waals surface area contributed by atoms with Gasteiger partial charge in [-0.25, -0.2) is 4.79 Å². The van der Waals surface area contributed by atoms with Crippen molar-refractivity contribution >= 4 is 16.8 Å². The number of carbonyl (C=O) groups is 1. The van der Waals surface area contributed by atoms with Crippen LogP contribution in [0.15, 0.2) is 46.0 Å². The number of nitrogens with one attached hydrogen (secondary N) is 2. The summed E-state index contributed by atoms with van der Waals surface area (Å²) >= 11 is 0. The third-order valence-electron chi connectivity index (χ3n) is 5.25. The molecule has 0 saturated heterocycles. The Morgan fingerprint density at radius 3 is 2.66 bits per heavy atom. The number of ether oxygens (including phenoxy) is 2. The summed E-state index contributed by atoms with van der Waals surface area (Å²) in [6, 6.07) is 10.3. The Labute approximate surface area is 166 Å². The summed E-state index contributed by atoms with van der Waals surface area (Å²) < 4.78 is 11.6. The molecule has 150 valence electrons. The van der Waals surface area contributed by atoms with Gasteiger partial charge in [0.05, 0.1) is 31.2 Å². The van der Waals surface area contributed by atoms with E-state index in [9.17, 15) is 14.4 Å². The third-order valence-corrected chi connectivity index (χ3v) is 5.25. The van der Waals surface area contributed by atoms with Gasteiger partial charge in [-0.05, 0) is 48.2 Å². The van der Waals surface area contributed by atoms with Crippen molar-refractivity contribution in [1.29, 1.82) is 0 Å². The smallest absolute Gasteiger partial charge is 0.329 e. The van der Waals surface area contributed by atoms with E-state index in [4.69, 9.17) is 9.47 Å². The number of aromatic nitrogens is 2. The molecule has 8 heteroatoms. The van der Waals surface area contributed by atoms with Crippen LogP contribution in [-0.2, 0) is 17.8 Å². The van der Waals surface area contributed by atoms with Crippen molar-refractivity contribution in [2.45, 2.75) is 25.4 Å². The maximum absolute atomic E-state index is 12.6. The predicted molar refractivity (Wildman–Crippen MR) is 108 cm³/mol. The van der Waals surface area contributed by atoms with Gasteiger partial charge in [0.1, 0.15) is 6.54 Å². The van der Waals surface area contributed by atoms with Gasteiger partial charge in [-0.15, -0.1) is 0 Å². The maximum Gasteiger partial charge on any atom is 0.329 e. The fourth-order valence-electron chi connectivity index (χ4n) is 3.81. The molecule has 1 aliphatic carbocycles. The van der Waals surface area contributed by atoms with E-state index in [2.05, 4.69) is 10.3 Å². The lowest BCUT2D eigenvalue weighted by Gasteiger charge is -2.16. The maximum atomic E-state index is 12.6. The Balaban J connectivity index is 1.58. The van der Waals surface area contributed by atoms with E-state index >= 15 is 0 Å². The molecule has 2 N–H and O–H groups in total. The number of hydrogen-bond acceptors (Lipinski definition) is 5. The SMILES string of the molecule is COc1cc2c(cc1OC)[C@@H](NC(=O)Cn1c(=O)[nH]c3ccccc3c1=O)CC2. The number of H-pyrrole nitrogens is 1. The van der Waals surface area contributed by atoms with Crippen LogP contribution in [0.2, 0.25) is 0 Å². The quantitative estimate of drug-likeness (QED) is 0.682. The summed E-state index contributed by atoms with van der Waals surface area (Å²) in [5.74, 6) is 0.836. The van der Waals surface area contributed by atoms with Crippen LogP contribution in [0.5, 0.6) is 11.5 Å². The first kappa shape index (κ1) is 18.8. The highest BCUT2D eigenvalue weighted by Gasteiger charge is 2.26. The van der Waals surface area contributed by atoms with Crippen molar-refractivity contribution in [2.24, 2.45) is 0 Å². The Morgan fingerprint density at radius 2 is 1.90 bits per heavy atom. The molecule has 1 heterocycles. The van der Waals surface area contributed by atoms with Gasteiger partial charge in [-0.1, -0.05) is 12.1 Å². The van der Waals surface area contributed by atoms with Crippen LogP contribution in [0, 0.1) is 0 Å². The molecule has 0 radical (unpaired) electrons. The van der Waals surface area contributed by atoms with Crippen molar-refractivity contribution in [3.8, 4) is 11.5 Å². The zero-order valence-corrected chi connectivity index (χ0v) is 16.2. The monoisotopic (exact) mass is 395 g/mol. The number of aromatic amines is 1. The molecule has 2 aromatic carbocycles. The first-order chi connectivity index (χ1) is 14.0. The molecule has 29 heavy (non-hydrogen) atoms. The van der Waals surface area contributed by atoms with Gasteiger partial charge in [-0.2, -0.15) is 0 Å². The number of nitrogens with zero attached hydrogens (tertiary/aromatic N) is 1. The number of hydrogen-bond donors (Lipinski definition) is 2. The van der Waals surface area contributed by atoms with Gasteiger partial charge in [0.15, 0.2) is 11.5 Å². The molecule has 1 aliphatic rings. The fourth-order valence-corrected chi connectivity index (χ4v) is 3.81. The number of fused-ring (bicyclic) bond motifs is 2. The van der Waals surface area contributed by atoms with Gasteiger partial charge in [0.25, 0.3) is 5.56 Å². The number of benzene rings is 2. The molecule has 1 amide bonds. The molecule has 0 aliphatic heterocycles. The number of methoxy groups -OCH3 is 2. The van der Waals surface area contributed by atoms with Crippen molar-refractivity contribution in [3.05, 3.63) is 68.4 Å². The lowest BCUT2D eigenvalue weighted by Crippen LogP contribution is -2.41. The standard InChI is InChI=1S/C21H21N3O5/c1-28-17-9-12-7-8-16(14(12)10-18(17)29-2)22-19(25)11-24-20(26)13-5-3-4-6-15(13)23-21(24)27/h3-6,9-10,16H,7-8,11H2,1-2H3,(H,22,25)(H,23,27)/t16-/m0/s1. The second kappa shape index (κ2) is 7.46. The number of rotatable bonds is 5. The molecular weight excluding hydrogens is 374 g/mol. The van der Waals surface area contributed by atoms with E-state index in [0.29, 0.717) is 22.4 Å². The molecule has 1 aromatic heterocycles. The van der Waals surface area contributed by atoms with Crippen molar-refractivity contribution in [1.82, 2.24) is 14.9 Å². The second-order valence-electron chi connectivity index (χ2n) is 6.93. The Morgan fingerprint density at radius 1 is 1.17 bits per heavy atom. The van der Waals surface area contributed by atoms with Gasteiger partial charge in [-0.3, -0.25) is 14.2 Å². The van der Waals surface area contributed by atoms with Crippen LogP contribution in [0.4, 0.5) is 0 Å². The third kappa shape index (κ3) is 3.37. The Hall–Kier alpha value is -3.55. The van der Waals surface area contributed by atoms with E-state index in [1.54, 1.807) is 38.5 Å². The van der Waals surface area contributed by atoms with E-state index in [0.717, 1.165) is 28.5 Å². The van der Waals surface area contributed by atoms with Gasteiger partial charge >= 0.3 is 5.69 Å². The lowest BCUT2D eigenvalue weighted by atomic mass is 10.1. The van der Waals surface area contributed by atoms with Crippen LogP contribution < -0.4 is 26.0 Å². The minimum absolute atomic E-state index is 0.215. The zero-order valence-electron chi connectivity index (χ0n) is 16.2. The van der Waals surface area contributed by atoms with Crippen LogP contribution in [0.1, 0.15) is 23.6 Å². The van der Waals surface area contributed by atoms with Crippen molar-refractivity contribution < 1.29 is 14.3 Å². The average molecular weight is 395 g/mol. The van der Waals surface area contributed by atoms with Gasteiger partial charge < -0.3 is 19.8 Å². The molecule has 0 fully saturated rings. The van der Waals surface area contributed by atoms with Crippen LogP contribution in [-0.4, -0.2) is 29.7 Å². The summed E-state index contributed by atoms with van der Waals surface area (Å²) in [5.41, 5.74) is 1.38. The zero-order chi connectivity index (χ0) is 20.5. The summed E-state index contributed by atoms with van der Waals surface area (Å²) in [7, 11) is 3.14. The second-order valence-corrected chi connectivity index (χ2v) is 6.93. The van der Waals surface area contributed by atoms with E-state index in [1.807, 2.05) is 12.1 Å². The van der Waals surface area contributed by atoms with Crippen LogP contribution >= 0.6 is 0 Å². The van der Waals surface area contributed by atoms with Crippen LogP contribution in [0.25, 0.3) is 10.9 Å². The molecule has 0 bridgehead atoms. The molecule has 0 saturated carbocycles. The topological polar surface area (TPSA) is 102 Å². The molecule has 0 unspecified atom stereocenters. The van der Waals surface area contributed by atoms with Crippen LogP contribution in [0.3, 0.4) is 0 Å². The highest BCUT2D eigenvalue weighted by molar-refractivity contribution is 5.79. The summed E-state index contributed by atoms with van der Waals surface area (Å²) in [6.07, 6.45) is 1.51. The Kier molecular flexibility index (Phi) is 4.84. The van der Waals surface area contributed by atoms with E-state index < -0.39 is 17.2 Å². The highest BCUT2D eigenvalue weighted by Crippen LogP contribution is 2.39.